The summed E-state index contributed by atoms with van der Waals surface area (Å²) in [5.41, 5.74) is 4.61. The molecule has 3 aromatic carbocycles. The summed E-state index contributed by atoms with van der Waals surface area (Å²) in [5, 5.41) is 7.34. The van der Waals surface area contributed by atoms with Crippen LogP contribution in [0.1, 0.15) is 32.0 Å². The lowest BCUT2D eigenvalue weighted by atomic mass is 10.1. The van der Waals surface area contributed by atoms with E-state index in [1.165, 1.54) is 7.11 Å². The lowest BCUT2D eigenvalue weighted by molar-refractivity contribution is 0.0600. The Morgan fingerprint density at radius 2 is 1.83 bits per heavy atom. The number of hydrogen-bond acceptors (Lipinski definition) is 5. The molecule has 180 valence electrons. The van der Waals surface area contributed by atoms with Gasteiger partial charge in [-0.25, -0.2) is 9.78 Å². The van der Waals surface area contributed by atoms with Crippen LogP contribution in [0.2, 0.25) is 5.02 Å². The Morgan fingerprint density at radius 1 is 1.06 bits per heavy atom. The first-order valence-corrected chi connectivity index (χ1v) is 12.5. The summed E-state index contributed by atoms with van der Waals surface area (Å²) in [6, 6.07) is 22.5. The van der Waals surface area contributed by atoms with E-state index < -0.39 is 5.97 Å². The normalized spacial score (nSPS) is 10.9. The van der Waals surface area contributed by atoms with Crippen LogP contribution in [0.5, 0.6) is 0 Å². The van der Waals surface area contributed by atoms with Crippen LogP contribution in [-0.2, 0) is 17.8 Å². The van der Waals surface area contributed by atoms with E-state index in [2.05, 4.69) is 5.32 Å². The second-order valence-corrected chi connectivity index (χ2v) is 9.51. The van der Waals surface area contributed by atoms with Crippen LogP contribution >= 0.6 is 22.9 Å². The minimum absolute atomic E-state index is 0.234. The fourth-order valence-corrected chi connectivity index (χ4v) is 5.08. The average molecular weight is 516 g/mol. The molecule has 1 amide bonds. The minimum Gasteiger partial charge on any atom is -0.465 e. The molecule has 0 aliphatic heterocycles. The molecule has 6 nitrogen and oxygen atoms in total. The average Bonchev–Trinajstić information content (AvgIpc) is 3.54. The quantitative estimate of drug-likeness (QED) is 0.262. The number of carbonyl (C=O) groups is 2. The number of nitrogens with zero attached hydrogens (tertiary/aromatic N) is 2. The molecule has 8 heteroatoms. The van der Waals surface area contributed by atoms with Gasteiger partial charge in [0.15, 0.2) is 0 Å². The van der Waals surface area contributed by atoms with Gasteiger partial charge in [-0.2, -0.15) is 0 Å². The molecule has 0 spiro atoms. The number of aromatic nitrogens is 2. The Hall–Kier alpha value is -3.94. The molecule has 1 N–H and O–H groups in total. The second-order valence-electron chi connectivity index (χ2n) is 8.22. The van der Waals surface area contributed by atoms with Crippen molar-refractivity contribution in [3.63, 3.8) is 0 Å². The summed E-state index contributed by atoms with van der Waals surface area (Å²) in [6.07, 6.45) is 1.95. The van der Waals surface area contributed by atoms with Crippen molar-refractivity contribution in [1.82, 2.24) is 14.9 Å². The first kappa shape index (κ1) is 23.8. The molecule has 0 saturated carbocycles. The largest absolute Gasteiger partial charge is 0.465 e. The van der Waals surface area contributed by atoms with Crippen LogP contribution in [0.4, 0.5) is 0 Å². The molecule has 36 heavy (non-hydrogen) atoms. The number of hydrogen-bond donors (Lipinski definition) is 1. The van der Waals surface area contributed by atoms with Crippen LogP contribution in [-0.4, -0.2) is 28.5 Å². The molecule has 2 aromatic heterocycles. The first-order valence-electron chi connectivity index (χ1n) is 11.3. The number of nitrogens with one attached hydrogen (secondary N) is 1. The zero-order valence-electron chi connectivity index (χ0n) is 19.4. The predicted molar refractivity (Wildman–Crippen MR) is 143 cm³/mol. The van der Waals surface area contributed by atoms with Crippen molar-refractivity contribution < 1.29 is 14.3 Å². The third-order valence-electron chi connectivity index (χ3n) is 5.80. The number of benzene rings is 3. The molecule has 2 heterocycles. The topological polar surface area (TPSA) is 73.2 Å². The molecular weight excluding hydrogens is 494 g/mol. The van der Waals surface area contributed by atoms with Crippen LogP contribution in [0.3, 0.4) is 0 Å². The van der Waals surface area contributed by atoms with Crippen LogP contribution in [0, 0.1) is 0 Å². The summed E-state index contributed by atoms with van der Waals surface area (Å²) in [5.74, 6) is -0.633. The van der Waals surface area contributed by atoms with Gasteiger partial charge in [0.2, 0.25) is 0 Å². The number of methoxy groups -OCH3 is 1. The Morgan fingerprint density at radius 3 is 2.58 bits per heavy atom. The van der Waals surface area contributed by atoms with Crippen molar-refractivity contribution in [3.8, 4) is 10.6 Å². The second kappa shape index (κ2) is 10.4. The van der Waals surface area contributed by atoms with E-state index in [-0.39, 0.29) is 5.91 Å². The molecule has 5 aromatic rings. The SMILES string of the molecule is COC(=O)c1ccc(CNC(=O)c2cc(Cl)cc3ccn(Cc4csc(-c5ccccc5)n4)c23)cc1. The van der Waals surface area contributed by atoms with E-state index in [1.807, 2.05) is 58.6 Å². The Balaban J connectivity index is 1.37. The van der Waals surface area contributed by atoms with E-state index in [0.717, 1.165) is 32.7 Å². The van der Waals surface area contributed by atoms with Crippen molar-refractivity contribution in [1.29, 1.82) is 0 Å². The number of rotatable bonds is 7. The number of halogens is 1. The van der Waals surface area contributed by atoms with E-state index in [4.69, 9.17) is 21.3 Å². The summed E-state index contributed by atoms with van der Waals surface area (Å²) < 4.78 is 6.75. The number of thiazole rings is 1. The van der Waals surface area contributed by atoms with Crippen LogP contribution in [0.15, 0.2) is 84.4 Å². The Kier molecular flexibility index (Phi) is 6.84. The minimum atomic E-state index is -0.399. The zero-order valence-corrected chi connectivity index (χ0v) is 21.0. The summed E-state index contributed by atoms with van der Waals surface area (Å²) >= 11 is 7.94. The highest BCUT2D eigenvalue weighted by molar-refractivity contribution is 7.13. The van der Waals surface area contributed by atoms with Crippen molar-refractivity contribution in [2.45, 2.75) is 13.1 Å². The molecule has 5 rings (SSSR count). The van der Waals surface area contributed by atoms with Crippen molar-refractivity contribution >= 4 is 45.7 Å². The van der Waals surface area contributed by atoms with Gasteiger partial charge in [-0.05, 0) is 35.9 Å². The van der Waals surface area contributed by atoms with Crippen molar-refractivity contribution in [2.24, 2.45) is 0 Å². The predicted octanol–water partition coefficient (Wildman–Crippen LogP) is 6.18. The highest BCUT2D eigenvalue weighted by atomic mass is 35.5. The molecule has 0 saturated heterocycles. The third-order valence-corrected chi connectivity index (χ3v) is 6.96. The van der Waals surface area contributed by atoms with E-state index >= 15 is 0 Å². The molecule has 0 unspecified atom stereocenters. The number of ether oxygens (including phenoxy) is 1. The Labute approximate surface area is 217 Å². The monoisotopic (exact) mass is 515 g/mol. The van der Waals surface area contributed by atoms with Gasteiger partial charge in [0.25, 0.3) is 5.91 Å². The van der Waals surface area contributed by atoms with E-state index in [9.17, 15) is 9.59 Å². The van der Waals surface area contributed by atoms with Gasteiger partial charge in [-0.3, -0.25) is 4.79 Å². The molecule has 0 radical (unpaired) electrons. The van der Waals surface area contributed by atoms with Gasteiger partial charge in [-0.1, -0.05) is 54.1 Å². The van der Waals surface area contributed by atoms with Crippen LogP contribution < -0.4 is 5.32 Å². The number of amides is 1. The number of carbonyl (C=O) groups excluding carboxylic acids is 2. The van der Waals surface area contributed by atoms with E-state index in [0.29, 0.717) is 29.2 Å². The molecule has 0 atom stereocenters. The van der Waals surface area contributed by atoms with Gasteiger partial charge in [0.05, 0.1) is 36.0 Å². The zero-order chi connectivity index (χ0) is 25.1. The Bertz CT molecular complexity index is 1540. The van der Waals surface area contributed by atoms with Gasteiger partial charge in [0.1, 0.15) is 5.01 Å². The maximum absolute atomic E-state index is 13.2. The maximum Gasteiger partial charge on any atom is 0.337 e. The first-order chi connectivity index (χ1) is 17.5. The van der Waals surface area contributed by atoms with Gasteiger partial charge in [0, 0.05) is 34.1 Å². The number of esters is 1. The fraction of sp³-hybridized carbons (Fsp3) is 0.107. The van der Waals surface area contributed by atoms with Crippen LogP contribution in [0.25, 0.3) is 21.5 Å². The summed E-state index contributed by atoms with van der Waals surface area (Å²) in [4.78, 5) is 29.7. The highest BCUT2D eigenvalue weighted by Gasteiger charge is 2.16. The smallest absolute Gasteiger partial charge is 0.337 e. The van der Waals surface area contributed by atoms with Gasteiger partial charge >= 0.3 is 5.97 Å². The lowest BCUT2D eigenvalue weighted by Crippen LogP contribution is -2.23. The highest BCUT2D eigenvalue weighted by Crippen LogP contribution is 2.28. The summed E-state index contributed by atoms with van der Waals surface area (Å²) in [7, 11) is 1.34. The van der Waals surface area contributed by atoms with E-state index in [1.54, 1.807) is 41.7 Å². The molecule has 0 aliphatic carbocycles. The molecule has 0 fully saturated rings. The summed E-state index contributed by atoms with van der Waals surface area (Å²) in [6.45, 7) is 0.839. The van der Waals surface area contributed by atoms with Crippen molar-refractivity contribution in [3.05, 3.63) is 112 Å². The van der Waals surface area contributed by atoms with Crippen molar-refractivity contribution in [2.75, 3.05) is 7.11 Å². The van der Waals surface area contributed by atoms with Gasteiger partial charge in [-0.15, -0.1) is 11.3 Å². The third kappa shape index (κ3) is 5.03. The molecule has 0 aliphatic rings. The van der Waals surface area contributed by atoms with Gasteiger partial charge < -0.3 is 14.6 Å². The molecular formula is C28H22ClN3O3S. The standard InChI is InChI=1S/C28H22ClN3O3S/c1-35-28(34)20-9-7-18(8-10-20)15-30-26(33)24-14-22(29)13-21-11-12-32(25(21)24)16-23-17-36-27(31-23)19-5-3-2-4-6-19/h2-14,17H,15-16H2,1H3,(H,30,33). The maximum atomic E-state index is 13.2. The molecule has 0 bridgehead atoms. The number of fused-ring (bicyclic) bond motifs is 1. The lowest BCUT2D eigenvalue weighted by Gasteiger charge is -2.11. The fourth-order valence-electron chi connectivity index (χ4n) is 4.04.